The second-order valence-electron chi connectivity index (χ2n) is 17.3. The third kappa shape index (κ3) is 10.9. The Kier molecular flexibility index (Phi) is 15.6. The summed E-state index contributed by atoms with van der Waals surface area (Å²) in [5, 5.41) is 24.7. The van der Waals surface area contributed by atoms with Crippen LogP contribution < -0.4 is 36.1 Å². The van der Waals surface area contributed by atoms with Crippen molar-refractivity contribution in [3.05, 3.63) is 117 Å². The number of hydrogen-bond donors (Lipinski definition) is 3. The molecule has 0 unspecified atom stereocenters. The lowest BCUT2D eigenvalue weighted by Crippen LogP contribution is -2.31. The first kappa shape index (κ1) is 48.4. The number of nitrogens with zero attached hydrogens (tertiary/aromatic N) is 7. The molecular weight excluding hydrogens is 873 g/mol. The molecule has 68 heavy (non-hydrogen) atoms. The SMILES string of the molecule is COc1ccc(-c2nc(C3CCC(Cn4c(=O)n(C)c5ccc(OC)cc54)CC3)no2)cc1.COc1ccc(C(=O)O)cc1.COc1ccc2c(c1)n(CC1CCC(C(N)=NO)CC1)c(=O)n2C. The fourth-order valence-electron chi connectivity index (χ4n) is 9.21. The smallest absolute Gasteiger partial charge is 0.335 e. The number of carboxylic acids is 1. The number of ether oxygens (including phenoxy) is 4. The largest absolute Gasteiger partial charge is 0.497 e. The van der Waals surface area contributed by atoms with E-state index in [2.05, 4.69) is 15.3 Å². The predicted molar refractivity (Wildman–Crippen MR) is 257 cm³/mol. The molecule has 7 aromatic rings. The Morgan fingerprint density at radius 2 is 1.10 bits per heavy atom. The summed E-state index contributed by atoms with van der Waals surface area (Å²) in [6.07, 6.45) is 7.71. The maximum Gasteiger partial charge on any atom is 0.335 e. The van der Waals surface area contributed by atoms with E-state index in [1.807, 2.05) is 76.8 Å². The minimum atomic E-state index is -0.923. The first-order chi connectivity index (χ1) is 32.8. The monoisotopic (exact) mass is 932 g/mol. The van der Waals surface area contributed by atoms with Crippen LogP contribution in [0.15, 0.2) is 104 Å². The third-order valence-corrected chi connectivity index (χ3v) is 13.3. The van der Waals surface area contributed by atoms with Crippen LogP contribution in [0, 0.1) is 17.8 Å². The maximum absolute atomic E-state index is 12.9. The zero-order valence-corrected chi connectivity index (χ0v) is 39.3. The first-order valence-corrected chi connectivity index (χ1v) is 22.6. The van der Waals surface area contributed by atoms with Gasteiger partial charge in [0.25, 0.3) is 5.89 Å². The van der Waals surface area contributed by atoms with E-state index < -0.39 is 5.97 Å². The van der Waals surface area contributed by atoms with Crippen molar-refractivity contribution in [1.29, 1.82) is 0 Å². The van der Waals surface area contributed by atoms with Crippen molar-refractivity contribution in [2.45, 2.75) is 70.4 Å². The lowest BCUT2D eigenvalue weighted by molar-refractivity contribution is 0.0696. The van der Waals surface area contributed by atoms with E-state index in [1.54, 1.807) is 49.6 Å². The van der Waals surface area contributed by atoms with E-state index in [1.165, 1.54) is 19.2 Å². The number of oxime groups is 1. The molecule has 2 saturated carbocycles. The standard InChI is InChI=1S/C25H28N4O4.C17H24N4O3.C8H8O3/c1-28-21-13-12-20(32-3)14-22(21)29(25(28)30)15-16-4-6-17(7-5-16)23-26-24(33-27-23)18-8-10-19(31-2)11-9-18;1-20-14-8-7-13(24-2)9-15(14)21(17(20)22)10-11-3-5-12(6-4-11)16(18)19-23;1-11-7-4-2-6(3-5-7)8(9)10/h8-14,16-17H,4-7,15H2,1-3H3;7-9,11-12,23H,3-6,10H2,1-2H3,(H2,18,19);2-5H,1H3,(H,9,10). The minimum Gasteiger partial charge on any atom is -0.497 e. The quantitative estimate of drug-likeness (QED) is 0.0463. The van der Waals surface area contributed by atoms with Gasteiger partial charge in [0.1, 0.15) is 28.8 Å². The van der Waals surface area contributed by atoms with Gasteiger partial charge in [0.05, 0.1) is 56.1 Å². The molecule has 9 rings (SSSR count). The van der Waals surface area contributed by atoms with E-state index in [0.717, 1.165) is 102 Å². The van der Waals surface area contributed by atoms with Crippen molar-refractivity contribution in [3.8, 4) is 34.5 Å². The number of aromatic nitrogens is 6. The van der Waals surface area contributed by atoms with Crippen molar-refractivity contribution in [2.75, 3.05) is 28.4 Å². The second-order valence-corrected chi connectivity index (χ2v) is 17.3. The van der Waals surface area contributed by atoms with Crippen molar-refractivity contribution in [1.82, 2.24) is 28.4 Å². The van der Waals surface area contributed by atoms with Crippen LogP contribution in [0.2, 0.25) is 0 Å². The summed E-state index contributed by atoms with van der Waals surface area (Å²) >= 11 is 0. The number of carbonyl (C=O) groups is 1. The van der Waals surface area contributed by atoms with Crippen LogP contribution in [0.4, 0.5) is 0 Å². The molecule has 3 aromatic heterocycles. The lowest BCUT2D eigenvalue weighted by atomic mass is 9.81. The van der Waals surface area contributed by atoms with Gasteiger partial charge in [-0.3, -0.25) is 18.3 Å². The number of methoxy groups -OCH3 is 4. The fraction of sp³-hybridized carbons (Fsp3) is 0.400. The van der Waals surface area contributed by atoms with Crippen LogP contribution in [0.5, 0.6) is 23.0 Å². The number of benzene rings is 4. The molecule has 0 spiro atoms. The number of imidazole rings is 2. The summed E-state index contributed by atoms with van der Waals surface area (Å²) in [5.41, 5.74) is 10.5. The van der Waals surface area contributed by atoms with E-state index in [9.17, 15) is 14.4 Å². The number of nitrogens with two attached hydrogens (primary N) is 1. The third-order valence-electron chi connectivity index (χ3n) is 13.3. The normalized spacial score (nSPS) is 18.2. The Labute approximate surface area is 393 Å². The number of hydrogen-bond acceptors (Lipinski definition) is 12. The molecule has 18 heteroatoms. The first-order valence-electron chi connectivity index (χ1n) is 22.6. The molecule has 0 bridgehead atoms. The Morgan fingerprint density at radius 3 is 1.54 bits per heavy atom. The Balaban J connectivity index is 0.000000170. The van der Waals surface area contributed by atoms with E-state index in [4.69, 9.17) is 39.5 Å². The van der Waals surface area contributed by atoms with Crippen LogP contribution in [0.25, 0.3) is 33.5 Å². The topological polar surface area (TPSA) is 226 Å². The lowest BCUT2D eigenvalue weighted by Gasteiger charge is -2.27. The molecule has 4 aromatic carbocycles. The van der Waals surface area contributed by atoms with Gasteiger partial charge in [-0.25, -0.2) is 14.4 Å². The summed E-state index contributed by atoms with van der Waals surface area (Å²) in [6.45, 7) is 1.39. The molecule has 0 radical (unpaired) electrons. The van der Waals surface area contributed by atoms with Crippen LogP contribution in [-0.4, -0.2) is 79.0 Å². The number of aromatic carboxylic acids is 1. The number of fused-ring (bicyclic) bond motifs is 2. The van der Waals surface area contributed by atoms with Gasteiger partial charge in [-0.2, -0.15) is 4.98 Å². The van der Waals surface area contributed by atoms with Gasteiger partial charge >= 0.3 is 17.3 Å². The van der Waals surface area contributed by atoms with Crippen molar-refractivity contribution in [3.63, 3.8) is 0 Å². The zero-order chi connectivity index (χ0) is 48.5. The number of rotatable bonds is 12. The number of carboxylic acid groups (broad SMARTS) is 1. The summed E-state index contributed by atoms with van der Waals surface area (Å²) in [5.74, 6) is 4.94. The molecule has 2 fully saturated rings. The van der Waals surface area contributed by atoms with E-state index in [0.29, 0.717) is 42.4 Å². The Bertz CT molecular complexity index is 2950. The van der Waals surface area contributed by atoms with E-state index >= 15 is 0 Å². The van der Waals surface area contributed by atoms with Gasteiger partial charge < -0.3 is 39.5 Å². The molecule has 4 N–H and O–H groups in total. The fourth-order valence-corrected chi connectivity index (χ4v) is 9.21. The average molecular weight is 933 g/mol. The van der Waals surface area contributed by atoms with E-state index in [-0.39, 0.29) is 28.8 Å². The zero-order valence-electron chi connectivity index (χ0n) is 39.3. The van der Waals surface area contributed by atoms with Crippen molar-refractivity contribution < 1.29 is 38.6 Å². The molecule has 3 heterocycles. The van der Waals surface area contributed by atoms with Gasteiger partial charge in [0, 0.05) is 56.7 Å². The van der Waals surface area contributed by atoms with Crippen LogP contribution in [0.3, 0.4) is 0 Å². The molecule has 0 aliphatic heterocycles. The van der Waals surface area contributed by atoms with Crippen LogP contribution in [-0.2, 0) is 27.2 Å². The minimum absolute atomic E-state index is 0.00295. The highest BCUT2D eigenvalue weighted by atomic mass is 16.5. The van der Waals surface area contributed by atoms with Gasteiger partial charge in [0.15, 0.2) is 5.82 Å². The summed E-state index contributed by atoms with van der Waals surface area (Å²) in [6, 6.07) is 25.3. The highest BCUT2D eigenvalue weighted by molar-refractivity contribution is 5.87. The second kappa shape index (κ2) is 21.9. The van der Waals surface area contributed by atoms with Gasteiger partial charge in [-0.05, 0) is 136 Å². The summed E-state index contributed by atoms with van der Waals surface area (Å²) in [4.78, 5) is 40.5. The molecule has 0 atom stereocenters. The molecule has 2 aliphatic rings. The molecule has 360 valence electrons. The van der Waals surface area contributed by atoms with Crippen molar-refractivity contribution >= 4 is 33.9 Å². The Hall–Kier alpha value is -7.50. The van der Waals surface area contributed by atoms with Gasteiger partial charge in [-0.15, -0.1) is 0 Å². The molecule has 2 aliphatic carbocycles. The maximum atomic E-state index is 12.9. The Morgan fingerprint density at radius 1 is 0.662 bits per heavy atom. The predicted octanol–water partition coefficient (Wildman–Crippen LogP) is 7.68. The summed E-state index contributed by atoms with van der Waals surface area (Å²) in [7, 11) is 10.1. The molecule has 18 nitrogen and oxygen atoms in total. The average Bonchev–Trinajstić information content (AvgIpc) is 4.04. The van der Waals surface area contributed by atoms with Crippen LogP contribution in [0.1, 0.15) is 73.5 Å². The number of aryl methyl sites for hydroxylation is 2. The number of amidine groups is 1. The molecular formula is C50H60N8O10. The van der Waals surface area contributed by atoms with Crippen molar-refractivity contribution in [2.24, 2.45) is 42.7 Å². The van der Waals surface area contributed by atoms with Gasteiger partial charge in [0.2, 0.25) is 0 Å². The van der Waals surface area contributed by atoms with Crippen LogP contribution >= 0.6 is 0 Å². The molecule has 0 amide bonds. The summed E-state index contributed by atoms with van der Waals surface area (Å²) < 4.78 is 33.4. The highest BCUT2D eigenvalue weighted by Crippen LogP contribution is 2.37. The van der Waals surface area contributed by atoms with Gasteiger partial charge in [-0.1, -0.05) is 10.3 Å². The molecule has 0 saturated heterocycles. The highest BCUT2D eigenvalue weighted by Gasteiger charge is 2.28.